The van der Waals surface area contributed by atoms with Crippen molar-refractivity contribution in [3.8, 4) is 0 Å². The molecular formula is C44H60F12N10O11. The summed E-state index contributed by atoms with van der Waals surface area (Å²) in [5, 5.41) is 11.7. The highest BCUT2D eigenvalue weighted by Crippen LogP contribution is 2.38. The summed E-state index contributed by atoms with van der Waals surface area (Å²) in [7, 11) is 0. The van der Waals surface area contributed by atoms with Crippen molar-refractivity contribution in [3.63, 3.8) is 0 Å². The molecule has 4 aliphatic heterocycles. The maximum Gasteiger partial charge on any atom is 0.434 e. The van der Waals surface area contributed by atoms with E-state index >= 15 is 0 Å². The lowest BCUT2D eigenvalue weighted by Gasteiger charge is -2.39. The van der Waals surface area contributed by atoms with Crippen LogP contribution in [0.25, 0.3) is 0 Å². The number of carbonyl (C=O) groups excluding carboxylic acids is 5. The number of piperidine rings is 2. The van der Waals surface area contributed by atoms with Crippen LogP contribution in [0, 0.1) is 0 Å². The van der Waals surface area contributed by atoms with E-state index < -0.39 is 95.4 Å². The number of fused-ring (bicyclic) bond motifs is 2. The van der Waals surface area contributed by atoms with Crippen LogP contribution in [0.15, 0.2) is 12.4 Å². The number of halogens is 12. The number of amides is 5. The minimum absolute atomic E-state index is 0.000962. The Morgan fingerprint density at radius 1 is 0.545 bits per heavy atom. The molecule has 4 aliphatic rings. The largest absolute Gasteiger partial charge is 0.476 e. The van der Waals surface area contributed by atoms with E-state index in [1.807, 2.05) is 0 Å². The number of carboxylic acid groups (broad SMARTS) is 1. The molecule has 0 aromatic carbocycles. The van der Waals surface area contributed by atoms with E-state index in [1.54, 1.807) is 64.5 Å². The highest BCUT2D eigenvalue weighted by atomic mass is 19.4. The maximum atomic E-state index is 12.9. The Morgan fingerprint density at radius 3 is 1.22 bits per heavy atom. The number of rotatable bonds is 5. The van der Waals surface area contributed by atoms with Gasteiger partial charge in [0.05, 0.1) is 13.1 Å². The molecule has 2 aromatic heterocycles. The Balaban J connectivity index is 0.000000275. The highest BCUT2D eigenvalue weighted by Gasteiger charge is 2.61. The first-order valence-corrected chi connectivity index (χ1v) is 23.5. The number of nitrogens with two attached hydrogens (primary N) is 1. The number of aromatic nitrogens is 4. The van der Waals surface area contributed by atoms with Crippen LogP contribution in [0.5, 0.6) is 0 Å². The second-order valence-corrected chi connectivity index (χ2v) is 20.9. The number of nitrogens with zero attached hydrogens (tertiary/aromatic N) is 8. The van der Waals surface area contributed by atoms with Gasteiger partial charge in [-0.2, -0.15) is 52.7 Å². The summed E-state index contributed by atoms with van der Waals surface area (Å²) < 4.78 is 171. The number of carboxylic acids is 1. The minimum atomic E-state index is -5.81. The van der Waals surface area contributed by atoms with Crippen LogP contribution in [-0.2, 0) is 45.1 Å². The molecule has 2 aromatic rings. The van der Waals surface area contributed by atoms with E-state index in [0.29, 0.717) is 37.8 Å². The van der Waals surface area contributed by atoms with Crippen molar-refractivity contribution in [2.75, 3.05) is 39.3 Å². The molecule has 0 aliphatic carbocycles. The molecule has 0 saturated carbocycles. The molecule has 0 spiro atoms. The first kappa shape index (κ1) is 63.1. The van der Waals surface area contributed by atoms with Crippen molar-refractivity contribution in [1.29, 1.82) is 0 Å². The Labute approximate surface area is 432 Å². The predicted octanol–water partition coefficient (Wildman–Crippen LogP) is 7.61. The molecule has 33 heteroatoms. The number of imidazole rings is 2. The second-order valence-electron chi connectivity index (χ2n) is 20.9. The Hall–Kier alpha value is -6.44. The molecule has 5 amide bonds. The van der Waals surface area contributed by atoms with E-state index in [9.17, 15) is 81.5 Å². The third-order valence-electron chi connectivity index (χ3n) is 11.7. The molecule has 2 saturated heterocycles. The molecule has 4 N–H and O–H groups in total. The van der Waals surface area contributed by atoms with Crippen molar-refractivity contribution in [1.82, 2.24) is 44.0 Å². The fourth-order valence-corrected chi connectivity index (χ4v) is 7.52. The Bertz CT molecular complexity index is 2400. The number of aromatic carboxylic acids is 1. The molecule has 0 unspecified atom stereocenters. The van der Waals surface area contributed by atoms with Gasteiger partial charge in [-0.15, -0.1) is 0 Å². The van der Waals surface area contributed by atoms with Crippen molar-refractivity contribution in [2.24, 2.45) is 5.73 Å². The van der Waals surface area contributed by atoms with Crippen LogP contribution in [0.3, 0.4) is 0 Å². The van der Waals surface area contributed by atoms with Crippen LogP contribution in [0.1, 0.15) is 114 Å². The van der Waals surface area contributed by atoms with Crippen LogP contribution in [0.4, 0.5) is 71.9 Å². The van der Waals surface area contributed by atoms with Gasteiger partial charge in [-0.25, -0.2) is 33.9 Å². The zero-order valence-electron chi connectivity index (χ0n) is 42.9. The summed E-state index contributed by atoms with van der Waals surface area (Å²) in [6, 6.07) is 0. The number of hydrogen-bond acceptors (Lipinski definition) is 13. The Kier molecular flexibility index (Phi) is 19.1. The van der Waals surface area contributed by atoms with Crippen molar-refractivity contribution in [2.45, 2.75) is 166 Å². The summed E-state index contributed by atoms with van der Waals surface area (Å²) in [6.07, 6.45) is -32.0. The number of hydrogen-bond donors (Lipinski definition) is 3. The SMILES string of the molecule is CC(C)(C)OC(=O)N1CCn2cc(C(=O)O)nc2C1.CC1(N)CCN(C(=O)OC(C(F)(F)F)C(F)(F)F)CC1.CC1(NC(=O)c2cn3c(n2)CN(C(=O)OC(C)(C)C)CC3)CCN(C(=O)OC(C(F)(F)F)C(F)(F)F)CC1. The number of carbonyl (C=O) groups is 6. The summed E-state index contributed by atoms with van der Waals surface area (Å²) in [5.74, 6) is -0.581. The van der Waals surface area contributed by atoms with Gasteiger partial charge in [0.1, 0.15) is 28.5 Å². The van der Waals surface area contributed by atoms with Gasteiger partial charge < -0.3 is 54.0 Å². The standard InChI is InChI=1S/C22H29F6N5O5.C12H17N3O4.C10H14F6N2O2/c1-19(2,3)38-18(36)33-10-9-32-11-13(29-14(32)12-33)15(34)30-20(4)5-7-31(8-6-20)17(35)37-16(21(23,24)25)22(26,27)28;1-12(2,3)19-11(18)15-5-4-14-6-8(10(16)17)13-9(14)7-15;1-8(17)2-4-18(5-3-8)7(19)20-6(9(11,12)13)10(14,15)16/h11,16H,5-10,12H2,1-4H3,(H,30,34);6H,4-5,7H2,1-3H3,(H,16,17);6H,2-5,17H2,1H3. The maximum absolute atomic E-state index is 12.9. The number of ether oxygens (including phenoxy) is 4. The van der Waals surface area contributed by atoms with Crippen LogP contribution in [0.2, 0.25) is 0 Å². The first-order chi connectivity index (χ1) is 34.9. The number of likely N-dealkylation sites (tertiary alicyclic amines) is 2. The van der Waals surface area contributed by atoms with E-state index in [0.717, 1.165) is 9.80 Å². The number of alkyl halides is 12. The van der Waals surface area contributed by atoms with Crippen LogP contribution in [-0.4, -0.2) is 179 Å². The van der Waals surface area contributed by atoms with E-state index in [-0.39, 0.29) is 76.3 Å². The molecule has 21 nitrogen and oxygen atoms in total. The van der Waals surface area contributed by atoms with Gasteiger partial charge >= 0.3 is 55.0 Å². The smallest absolute Gasteiger partial charge is 0.434 e. The lowest BCUT2D eigenvalue weighted by molar-refractivity contribution is -0.309. The quantitative estimate of drug-likeness (QED) is 0.193. The number of nitrogens with one attached hydrogen (secondary N) is 1. The third kappa shape index (κ3) is 18.6. The molecule has 6 heterocycles. The Morgan fingerprint density at radius 2 is 0.883 bits per heavy atom. The van der Waals surface area contributed by atoms with Gasteiger partial charge in [-0.3, -0.25) is 14.6 Å². The van der Waals surface area contributed by atoms with Gasteiger partial charge in [0, 0.05) is 75.8 Å². The molecule has 77 heavy (non-hydrogen) atoms. The summed E-state index contributed by atoms with van der Waals surface area (Å²) in [5.41, 5.74) is 3.10. The first-order valence-electron chi connectivity index (χ1n) is 23.5. The fourth-order valence-electron chi connectivity index (χ4n) is 7.52. The molecular weight excluding hydrogens is 1070 g/mol. The van der Waals surface area contributed by atoms with E-state index in [2.05, 4.69) is 24.8 Å². The summed E-state index contributed by atoms with van der Waals surface area (Å²) >= 11 is 0. The molecule has 6 rings (SSSR count). The zero-order chi connectivity index (χ0) is 58.7. The van der Waals surface area contributed by atoms with Gasteiger partial charge in [0.2, 0.25) is 0 Å². The minimum Gasteiger partial charge on any atom is -0.476 e. The summed E-state index contributed by atoms with van der Waals surface area (Å²) in [4.78, 5) is 84.1. The average Bonchev–Trinajstić information content (AvgIpc) is 3.90. The monoisotopic (exact) mass is 1130 g/mol. The molecule has 436 valence electrons. The third-order valence-corrected chi connectivity index (χ3v) is 11.7. The van der Waals surface area contributed by atoms with Crippen molar-refractivity contribution >= 4 is 36.2 Å². The predicted molar refractivity (Wildman–Crippen MR) is 240 cm³/mol. The van der Waals surface area contributed by atoms with Crippen LogP contribution < -0.4 is 11.1 Å². The summed E-state index contributed by atoms with van der Waals surface area (Å²) in [6.45, 7) is 15.6. The zero-order valence-corrected chi connectivity index (χ0v) is 42.9. The topological polar surface area (TPSA) is 246 Å². The van der Waals surface area contributed by atoms with Gasteiger partial charge in [-0.1, -0.05) is 0 Å². The second kappa shape index (κ2) is 23.3. The van der Waals surface area contributed by atoms with Crippen molar-refractivity contribution < 1.29 is 106 Å². The highest BCUT2D eigenvalue weighted by molar-refractivity contribution is 5.92. The van der Waals surface area contributed by atoms with E-state index in [1.165, 1.54) is 22.2 Å². The van der Waals surface area contributed by atoms with Crippen molar-refractivity contribution in [3.05, 3.63) is 35.4 Å². The molecule has 0 atom stereocenters. The lowest BCUT2D eigenvalue weighted by atomic mass is 9.89. The fraction of sp³-hybridized carbons (Fsp3) is 0.727. The molecule has 2 fully saturated rings. The van der Waals surface area contributed by atoms with Gasteiger partial charge in [0.15, 0.2) is 5.69 Å². The normalized spacial score (nSPS) is 17.9. The van der Waals surface area contributed by atoms with Crippen LogP contribution >= 0.6 is 0 Å². The lowest BCUT2D eigenvalue weighted by Crippen LogP contribution is -2.55. The van der Waals surface area contributed by atoms with Gasteiger partial charge in [0.25, 0.3) is 18.1 Å². The molecule has 0 bridgehead atoms. The van der Waals surface area contributed by atoms with E-state index in [4.69, 9.17) is 20.3 Å². The molecule has 0 radical (unpaired) electrons. The van der Waals surface area contributed by atoms with Gasteiger partial charge in [-0.05, 0) is 81.1 Å². The average molecular weight is 1130 g/mol.